The number of hydrogen-bond acceptors (Lipinski definition) is 3. The SMILES string of the molecule is O=C(Nc1ccn(Cc2ccccn2)n1)C1CCCc2ccccc21. The van der Waals surface area contributed by atoms with Crippen molar-refractivity contribution in [1.82, 2.24) is 14.8 Å². The van der Waals surface area contributed by atoms with Crippen LogP contribution < -0.4 is 5.32 Å². The number of nitrogens with one attached hydrogen (secondary N) is 1. The molecule has 1 atom stereocenters. The van der Waals surface area contributed by atoms with Gasteiger partial charge in [-0.2, -0.15) is 5.10 Å². The van der Waals surface area contributed by atoms with Crippen LogP contribution in [-0.2, 0) is 17.8 Å². The molecule has 0 fully saturated rings. The molecule has 0 bridgehead atoms. The van der Waals surface area contributed by atoms with Gasteiger partial charge in [0.2, 0.25) is 5.91 Å². The molecule has 0 saturated carbocycles. The summed E-state index contributed by atoms with van der Waals surface area (Å²) in [5, 5.41) is 7.41. The van der Waals surface area contributed by atoms with Crippen LogP contribution in [0.3, 0.4) is 0 Å². The Morgan fingerprint density at radius 2 is 2.04 bits per heavy atom. The zero-order valence-corrected chi connectivity index (χ0v) is 13.9. The lowest BCUT2D eigenvalue weighted by atomic mass is 9.82. The van der Waals surface area contributed by atoms with Gasteiger partial charge in [0.25, 0.3) is 0 Å². The molecule has 1 unspecified atom stereocenters. The van der Waals surface area contributed by atoms with Crippen LogP contribution in [0, 0.1) is 0 Å². The van der Waals surface area contributed by atoms with E-state index in [0.717, 1.165) is 30.5 Å². The fourth-order valence-corrected chi connectivity index (χ4v) is 3.41. The highest BCUT2D eigenvalue weighted by Gasteiger charge is 2.26. The third kappa shape index (κ3) is 3.45. The summed E-state index contributed by atoms with van der Waals surface area (Å²) in [5.74, 6) is 0.519. The molecule has 1 aliphatic carbocycles. The summed E-state index contributed by atoms with van der Waals surface area (Å²) in [6.45, 7) is 0.586. The molecule has 1 amide bonds. The molecule has 2 heterocycles. The molecule has 5 nitrogen and oxygen atoms in total. The van der Waals surface area contributed by atoms with E-state index >= 15 is 0 Å². The molecule has 5 heteroatoms. The first-order valence-electron chi connectivity index (χ1n) is 8.61. The van der Waals surface area contributed by atoms with Crippen LogP contribution in [0.1, 0.15) is 35.6 Å². The van der Waals surface area contributed by atoms with Crippen molar-refractivity contribution in [2.45, 2.75) is 31.7 Å². The van der Waals surface area contributed by atoms with Crippen molar-refractivity contribution in [3.05, 3.63) is 77.7 Å². The van der Waals surface area contributed by atoms with Crippen molar-refractivity contribution >= 4 is 11.7 Å². The Balaban J connectivity index is 1.45. The van der Waals surface area contributed by atoms with Crippen LogP contribution in [0.2, 0.25) is 0 Å². The molecule has 25 heavy (non-hydrogen) atoms. The van der Waals surface area contributed by atoms with E-state index in [1.807, 2.05) is 42.6 Å². The zero-order valence-electron chi connectivity index (χ0n) is 13.9. The molecule has 1 N–H and O–H groups in total. The van der Waals surface area contributed by atoms with E-state index in [2.05, 4.69) is 27.5 Å². The number of amides is 1. The fourth-order valence-electron chi connectivity index (χ4n) is 3.41. The highest BCUT2D eigenvalue weighted by Crippen LogP contribution is 2.32. The second kappa shape index (κ2) is 6.89. The summed E-state index contributed by atoms with van der Waals surface area (Å²) < 4.78 is 1.78. The van der Waals surface area contributed by atoms with Crippen molar-refractivity contribution in [1.29, 1.82) is 0 Å². The summed E-state index contributed by atoms with van der Waals surface area (Å²) in [7, 11) is 0. The van der Waals surface area contributed by atoms with Gasteiger partial charge in [-0.05, 0) is 42.5 Å². The molecule has 126 valence electrons. The number of aromatic nitrogens is 3. The highest BCUT2D eigenvalue weighted by molar-refractivity contribution is 5.95. The third-order valence-electron chi connectivity index (χ3n) is 4.63. The van der Waals surface area contributed by atoms with Gasteiger partial charge < -0.3 is 5.32 Å². The van der Waals surface area contributed by atoms with Crippen molar-refractivity contribution in [3.63, 3.8) is 0 Å². The maximum atomic E-state index is 12.7. The van der Waals surface area contributed by atoms with Gasteiger partial charge in [-0.25, -0.2) is 0 Å². The molecule has 3 aromatic rings. The van der Waals surface area contributed by atoms with Crippen LogP contribution >= 0.6 is 0 Å². The summed E-state index contributed by atoms with van der Waals surface area (Å²) in [6.07, 6.45) is 6.61. The number of pyridine rings is 1. The van der Waals surface area contributed by atoms with E-state index in [0.29, 0.717) is 12.4 Å². The Hall–Kier alpha value is -2.95. The van der Waals surface area contributed by atoms with E-state index in [1.165, 1.54) is 5.56 Å². The lowest BCUT2D eigenvalue weighted by molar-refractivity contribution is -0.117. The topological polar surface area (TPSA) is 59.8 Å². The molecular formula is C20H20N4O. The molecule has 1 aliphatic rings. The van der Waals surface area contributed by atoms with Crippen LogP contribution in [0.15, 0.2) is 60.9 Å². The second-order valence-electron chi connectivity index (χ2n) is 6.35. The van der Waals surface area contributed by atoms with Gasteiger partial charge in [0.05, 0.1) is 18.2 Å². The van der Waals surface area contributed by atoms with Gasteiger partial charge in [-0.15, -0.1) is 0 Å². The normalized spacial score (nSPS) is 16.2. The number of carbonyl (C=O) groups excluding carboxylic acids is 1. The minimum atomic E-state index is -0.0918. The van der Waals surface area contributed by atoms with E-state index < -0.39 is 0 Å². The Kier molecular flexibility index (Phi) is 4.29. The van der Waals surface area contributed by atoms with E-state index in [-0.39, 0.29) is 11.8 Å². The number of benzene rings is 1. The van der Waals surface area contributed by atoms with Crippen LogP contribution in [0.4, 0.5) is 5.82 Å². The molecule has 0 spiro atoms. The molecule has 0 radical (unpaired) electrons. The second-order valence-corrected chi connectivity index (χ2v) is 6.35. The highest BCUT2D eigenvalue weighted by atomic mass is 16.2. The molecule has 4 rings (SSSR count). The van der Waals surface area contributed by atoms with Gasteiger partial charge in [0.15, 0.2) is 5.82 Å². The Labute approximate surface area is 146 Å². The number of nitrogens with zero attached hydrogens (tertiary/aromatic N) is 3. The first-order chi connectivity index (χ1) is 12.3. The summed E-state index contributed by atoms with van der Waals surface area (Å²) in [5.41, 5.74) is 3.37. The first-order valence-corrected chi connectivity index (χ1v) is 8.61. The van der Waals surface area contributed by atoms with Crippen LogP contribution in [0.5, 0.6) is 0 Å². The largest absolute Gasteiger partial charge is 0.309 e. The predicted molar refractivity (Wildman–Crippen MR) is 96.3 cm³/mol. The molecule has 2 aromatic heterocycles. The molecule has 0 aliphatic heterocycles. The van der Waals surface area contributed by atoms with Gasteiger partial charge in [0, 0.05) is 18.5 Å². The lowest BCUT2D eigenvalue weighted by Crippen LogP contribution is -2.25. The molecule has 1 aromatic carbocycles. The van der Waals surface area contributed by atoms with E-state index in [9.17, 15) is 4.79 Å². The van der Waals surface area contributed by atoms with Crippen molar-refractivity contribution in [3.8, 4) is 0 Å². The average molecular weight is 332 g/mol. The summed E-state index contributed by atoms with van der Waals surface area (Å²) in [6, 6.07) is 15.9. The van der Waals surface area contributed by atoms with E-state index in [1.54, 1.807) is 10.9 Å². The number of anilines is 1. The zero-order chi connectivity index (χ0) is 17.1. The molecular weight excluding hydrogens is 312 g/mol. The van der Waals surface area contributed by atoms with Gasteiger partial charge in [-0.1, -0.05) is 30.3 Å². The number of fused-ring (bicyclic) bond motifs is 1. The predicted octanol–water partition coefficient (Wildman–Crippen LogP) is 3.39. The van der Waals surface area contributed by atoms with E-state index in [4.69, 9.17) is 0 Å². The quantitative estimate of drug-likeness (QED) is 0.797. The van der Waals surface area contributed by atoms with Crippen molar-refractivity contribution < 1.29 is 4.79 Å². The van der Waals surface area contributed by atoms with Crippen LogP contribution in [-0.4, -0.2) is 20.7 Å². The number of aryl methyl sites for hydroxylation is 1. The standard InChI is InChI=1S/C20H20N4O/c25-20(18-10-5-7-15-6-1-2-9-17(15)18)22-19-11-13-24(23-19)14-16-8-3-4-12-21-16/h1-4,6,8-9,11-13,18H,5,7,10,14H2,(H,22,23,25). The van der Waals surface area contributed by atoms with Crippen molar-refractivity contribution in [2.75, 3.05) is 5.32 Å². The summed E-state index contributed by atoms with van der Waals surface area (Å²) >= 11 is 0. The van der Waals surface area contributed by atoms with Gasteiger partial charge in [0.1, 0.15) is 0 Å². The first kappa shape index (κ1) is 15.6. The monoisotopic (exact) mass is 332 g/mol. The maximum Gasteiger partial charge on any atom is 0.233 e. The number of hydrogen-bond donors (Lipinski definition) is 1. The minimum absolute atomic E-state index is 0.0234. The Bertz CT molecular complexity index is 872. The lowest BCUT2D eigenvalue weighted by Gasteiger charge is -2.24. The molecule has 0 saturated heterocycles. The summed E-state index contributed by atoms with van der Waals surface area (Å²) in [4.78, 5) is 17.0. The fraction of sp³-hybridized carbons (Fsp3) is 0.250. The third-order valence-corrected chi connectivity index (χ3v) is 4.63. The minimum Gasteiger partial charge on any atom is -0.309 e. The Morgan fingerprint density at radius 1 is 1.16 bits per heavy atom. The average Bonchev–Trinajstić information content (AvgIpc) is 3.09. The van der Waals surface area contributed by atoms with Gasteiger partial charge in [-0.3, -0.25) is 14.5 Å². The number of rotatable bonds is 4. The Morgan fingerprint density at radius 3 is 2.92 bits per heavy atom. The maximum absolute atomic E-state index is 12.7. The van der Waals surface area contributed by atoms with Crippen LogP contribution in [0.25, 0.3) is 0 Å². The van der Waals surface area contributed by atoms with Crippen molar-refractivity contribution in [2.24, 2.45) is 0 Å². The number of carbonyl (C=O) groups is 1. The smallest absolute Gasteiger partial charge is 0.233 e. The van der Waals surface area contributed by atoms with Gasteiger partial charge >= 0.3 is 0 Å².